The van der Waals surface area contributed by atoms with Crippen LogP contribution in [0.15, 0.2) is 54.6 Å². The molecular weight excluding hydrogens is 274 g/mol. The zero-order chi connectivity index (χ0) is 14.9. The van der Waals surface area contributed by atoms with Crippen molar-refractivity contribution in [3.8, 4) is 0 Å². The van der Waals surface area contributed by atoms with Crippen molar-refractivity contribution >= 4 is 11.5 Å². The van der Waals surface area contributed by atoms with Gasteiger partial charge in [0.15, 0.2) is 5.78 Å². The van der Waals surface area contributed by atoms with Crippen LogP contribution in [0.3, 0.4) is 0 Å². The number of para-hydroxylation sites is 1. The number of hydroxylamine groups is 1. The van der Waals surface area contributed by atoms with Gasteiger partial charge in [0.25, 0.3) is 0 Å². The highest BCUT2D eigenvalue weighted by Gasteiger charge is 2.70. The van der Waals surface area contributed by atoms with Crippen LogP contribution in [0.25, 0.3) is 0 Å². The van der Waals surface area contributed by atoms with Crippen molar-refractivity contribution < 1.29 is 9.63 Å². The molecule has 5 rings (SSSR count). The minimum Gasteiger partial charge on any atom is -0.296 e. The number of fused-ring (bicyclic) bond motifs is 4. The molecule has 2 aliphatic heterocycles. The second-order valence-electron chi connectivity index (χ2n) is 6.76. The van der Waals surface area contributed by atoms with Gasteiger partial charge in [-0.15, -0.1) is 0 Å². The van der Waals surface area contributed by atoms with Crippen LogP contribution in [0.2, 0.25) is 0 Å². The largest absolute Gasteiger partial charge is 0.296 e. The monoisotopic (exact) mass is 291 g/mol. The molecule has 1 saturated heterocycles. The topological polar surface area (TPSA) is 29.5 Å². The van der Waals surface area contributed by atoms with Gasteiger partial charge >= 0.3 is 0 Å². The van der Waals surface area contributed by atoms with Gasteiger partial charge in [-0.05, 0) is 30.5 Å². The molecule has 2 aromatic rings. The van der Waals surface area contributed by atoms with E-state index < -0.39 is 11.0 Å². The summed E-state index contributed by atoms with van der Waals surface area (Å²) < 4.78 is 0. The van der Waals surface area contributed by atoms with Gasteiger partial charge in [-0.25, -0.2) is 5.06 Å². The smallest absolute Gasteiger partial charge is 0.175 e. The molecule has 2 heterocycles. The number of ketones is 1. The Bertz CT molecular complexity index is 787. The van der Waals surface area contributed by atoms with Crippen LogP contribution in [0.5, 0.6) is 0 Å². The first kappa shape index (κ1) is 12.4. The molecule has 3 heteroatoms. The molecule has 3 nitrogen and oxygen atoms in total. The van der Waals surface area contributed by atoms with Crippen molar-refractivity contribution in [2.45, 2.75) is 24.3 Å². The van der Waals surface area contributed by atoms with Crippen LogP contribution in [-0.2, 0) is 15.0 Å². The van der Waals surface area contributed by atoms with E-state index in [0.29, 0.717) is 6.61 Å². The molecule has 0 spiro atoms. The summed E-state index contributed by atoms with van der Waals surface area (Å²) in [6.07, 6.45) is 0.833. The van der Waals surface area contributed by atoms with Crippen LogP contribution in [0.1, 0.15) is 24.5 Å². The van der Waals surface area contributed by atoms with E-state index in [4.69, 9.17) is 4.84 Å². The average molecular weight is 291 g/mol. The number of nitrogens with zero attached hydrogens (tertiary/aromatic N) is 1. The van der Waals surface area contributed by atoms with Gasteiger partial charge in [0, 0.05) is 5.92 Å². The SMILES string of the molecule is C[C@]12C(=O)[C@]3(c4ccccc4)CC1CON2c1ccccc13. The molecule has 2 aromatic carbocycles. The summed E-state index contributed by atoms with van der Waals surface area (Å²) in [5.41, 5.74) is 2.20. The summed E-state index contributed by atoms with van der Waals surface area (Å²) in [4.78, 5) is 19.4. The van der Waals surface area contributed by atoms with Crippen LogP contribution in [0.4, 0.5) is 5.69 Å². The Hall–Kier alpha value is -2.13. The summed E-state index contributed by atoms with van der Waals surface area (Å²) in [6, 6.07) is 18.4. The molecule has 0 radical (unpaired) electrons. The minimum absolute atomic E-state index is 0.243. The van der Waals surface area contributed by atoms with Crippen molar-refractivity contribution in [1.82, 2.24) is 0 Å². The highest BCUT2D eigenvalue weighted by Crippen LogP contribution is 2.61. The maximum atomic E-state index is 13.5. The summed E-state index contributed by atoms with van der Waals surface area (Å²) in [5.74, 6) is 0.528. The van der Waals surface area contributed by atoms with Crippen LogP contribution in [0, 0.1) is 5.92 Å². The van der Waals surface area contributed by atoms with Gasteiger partial charge in [0.2, 0.25) is 0 Å². The Labute approximate surface area is 129 Å². The number of hydrogen-bond acceptors (Lipinski definition) is 3. The maximum absolute atomic E-state index is 13.5. The maximum Gasteiger partial charge on any atom is 0.175 e. The zero-order valence-corrected chi connectivity index (χ0v) is 12.5. The molecule has 1 saturated carbocycles. The quantitative estimate of drug-likeness (QED) is 0.808. The Kier molecular flexibility index (Phi) is 2.14. The first-order valence-corrected chi connectivity index (χ1v) is 7.82. The molecule has 3 aliphatic rings. The molecule has 0 aromatic heterocycles. The van der Waals surface area contributed by atoms with Crippen molar-refractivity contribution in [3.63, 3.8) is 0 Å². The predicted octanol–water partition coefficient (Wildman–Crippen LogP) is 3.09. The lowest BCUT2D eigenvalue weighted by Crippen LogP contribution is -2.56. The highest BCUT2D eigenvalue weighted by molar-refractivity contribution is 6.09. The van der Waals surface area contributed by atoms with Gasteiger partial charge in [-0.1, -0.05) is 48.5 Å². The van der Waals surface area contributed by atoms with Crippen LogP contribution < -0.4 is 5.06 Å². The number of hydrogen-bond donors (Lipinski definition) is 0. The Morgan fingerprint density at radius 3 is 2.64 bits per heavy atom. The number of Topliss-reactive ketones (excluding diaryl/α,β-unsaturated/α-hetero) is 1. The van der Waals surface area contributed by atoms with Gasteiger partial charge in [-0.3, -0.25) is 9.63 Å². The van der Waals surface area contributed by atoms with Gasteiger partial charge in [0.05, 0.1) is 17.7 Å². The fraction of sp³-hybridized carbons (Fsp3) is 0.316. The molecular formula is C19H17NO2. The summed E-state index contributed by atoms with van der Waals surface area (Å²) in [5, 5.41) is 1.88. The second kappa shape index (κ2) is 3.79. The van der Waals surface area contributed by atoms with Crippen LogP contribution >= 0.6 is 0 Å². The van der Waals surface area contributed by atoms with E-state index >= 15 is 0 Å². The molecule has 110 valence electrons. The van der Waals surface area contributed by atoms with Crippen molar-refractivity contribution in [2.75, 3.05) is 11.7 Å². The Balaban J connectivity index is 1.89. The number of carbonyl (C=O) groups is 1. The van der Waals surface area contributed by atoms with E-state index in [1.807, 2.05) is 42.3 Å². The molecule has 2 fully saturated rings. The lowest BCUT2D eigenvalue weighted by atomic mass is 9.68. The van der Waals surface area contributed by atoms with Crippen molar-refractivity contribution in [1.29, 1.82) is 0 Å². The second-order valence-corrected chi connectivity index (χ2v) is 6.76. The van der Waals surface area contributed by atoms with Gasteiger partial charge in [0.1, 0.15) is 5.54 Å². The minimum atomic E-state index is -0.538. The number of rotatable bonds is 1. The van der Waals surface area contributed by atoms with Gasteiger partial charge in [-0.2, -0.15) is 0 Å². The Morgan fingerprint density at radius 1 is 1.09 bits per heavy atom. The molecule has 3 atom stereocenters. The Morgan fingerprint density at radius 2 is 1.82 bits per heavy atom. The summed E-state index contributed by atoms with van der Waals surface area (Å²) in [6.45, 7) is 2.68. The molecule has 0 amide bonds. The fourth-order valence-corrected chi connectivity index (χ4v) is 4.75. The number of anilines is 1. The third-order valence-electron chi connectivity index (χ3n) is 5.87. The number of benzene rings is 2. The first-order valence-electron chi connectivity index (χ1n) is 7.82. The van der Waals surface area contributed by atoms with E-state index in [1.165, 1.54) is 0 Å². The fourth-order valence-electron chi connectivity index (χ4n) is 4.75. The van der Waals surface area contributed by atoms with Gasteiger partial charge < -0.3 is 0 Å². The van der Waals surface area contributed by atoms with E-state index in [1.54, 1.807) is 0 Å². The third kappa shape index (κ3) is 1.14. The number of carbonyl (C=O) groups excluding carboxylic acids is 1. The van der Waals surface area contributed by atoms with E-state index in [0.717, 1.165) is 23.2 Å². The summed E-state index contributed by atoms with van der Waals surface area (Å²) in [7, 11) is 0. The van der Waals surface area contributed by atoms with Crippen molar-refractivity contribution in [2.24, 2.45) is 5.92 Å². The normalized spacial score (nSPS) is 34.9. The molecule has 1 unspecified atom stereocenters. The first-order chi connectivity index (χ1) is 10.7. The molecule has 2 bridgehead atoms. The molecule has 22 heavy (non-hydrogen) atoms. The summed E-state index contributed by atoms with van der Waals surface area (Å²) >= 11 is 0. The standard InChI is InChI=1S/C19H17NO2/c1-18-14-11-19(17(18)21,13-7-3-2-4-8-13)15-9-5-6-10-16(15)20(18)22-12-14/h2-10,14H,11-12H2,1H3/t14?,18-,19+/m1/s1. The highest BCUT2D eigenvalue weighted by atomic mass is 16.7. The lowest BCUT2D eigenvalue weighted by Gasteiger charge is -2.43. The van der Waals surface area contributed by atoms with E-state index in [9.17, 15) is 4.79 Å². The predicted molar refractivity (Wildman–Crippen MR) is 83.6 cm³/mol. The molecule has 1 aliphatic carbocycles. The third-order valence-corrected chi connectivity index (χ3v) is 5.87. The lowest BCUT2D eigenvalue weighted by molar-refractivity contribution is -0.127. The molecule has 0 N–H and O–H groups in total. The van der Waals surface area contributed by atoms with Crippen molar-refractivity contribution in [3.05, 3.63) is 65.7 Å². The zero-order valence-electron chi connectivity index (χ0n) is 12.5. The van der Waals surface area contributed by atoms with Crippen LogP contribution in [-0.4, -0.2) is 17.9 Å². The van der Waals surface area contributed by atoms with E-state index in [-0.39, 0.29) is 11.7 Å². The average Bonchev–Trinajstić information content (AvgIpc) is 2.96. The van der Waals surface area contributed by atoms with E-state index in [2.05, 4.69) is 24.3 Å².